The van der Waals surface area contributed by atoms with Gasteiger partial charge in [0, 0.05) is 39.8 Å². The van der Waals surface area contributed by atoms with Gasteiger partial charge >= 0.3 is 5.97 Å². The number of imidazole rings is 1. The molecule has 4 heterocycles. The zero-order valence-electron chi connectivity index (χ0n) is 16.7. The number of piperazine rings is 1. The number of fused-ring (bicyclic) bond motifs is 1. The van der Waals surface area contributed by atoms with E-state index in [0.717, 1.165) is 32.6 Å². The van der Waals surface area contributed by atoms with Crippen LogP contribution in [0.15, 0.2) is 4.79 Å². The lowest BCUT2D eigenvalue weighted by Crippen LogP contribution is -2.44. The van der Waals surface area contributed by atoms with Crippen LogP contribution in [0.4, 0.5) is 11.9 Å². The van der Waals surface area contributed by atoms with Crippen molar-refractivity contribution in [2.24, 2.45) is 7.05 Å². The van der Waals surface area contributed by atoms with E-state index < -0.39 is 12.0 Å². The van der Waals surface area contributed by atoms with Gasteiger partial charge in [-0.15, -0.1) is 5.92 Å². The second kappa shape index (κ2) is 7.75. The van der Waals surface area contributed by atoms with E-state index in [1.165, 1.54) is 4.57 Å². The summed E-state index contributed by atoms with van der Waals surface area (Å²) in [6.07, 6.45) is 1.28. The van der Waals surface area contributed by atoms with Crippen molar-refractivity contribution in [3.05, 3.63) is 10.4 Å². The predicted octanol–water partition coefficient (Wildman–Crippen LogP) is -0.384. The predicted molar refractivity (Wildman–Crippen MR) is 109 cm³/mol. The van der Waals surface area contributed by atoms with Gasteiger partial charge in [-0.05, 0) is 19.8 Å². The molecule has 0 unspecified atom stereocenters. The first-order valence-electron chi connectivity index (χ1n) is 9.85. The van der Waals surface area contributed by atoms with Gasteiger partial charge in [0.25, 0.3) is 5.56 Å². The molecular formula is C19H25N7O3. The number of carboxylic acids is 1. The standard InChI is InChI=1S/C19H25N7O3/c1-3-4-9-26-14-15(22-19(26)24-11-7-20-8-12-24)21-18(23(2)16(14)27)25-10-5-6-13(25)17(28)29/h13,20H,5-12H2,1-2H3,(H,28,29)/t13-/m1/s1. The molecule has 1 atom stereocenters. The van der Waals surface area contributed by atoms with Crippen molar-refractivity contribution in [2.75, 3.05) is 42.5 Å². The van der Waals surface area contributed by atoms with Gasteiger partial charge in [-0.25, -0.2) is 4.79 Å². The van der Waals surface area contributed by atoms with E-state index in [2.05, 4.69) is 32.0 Å². The highest BCUT2D eigenvalue weighted by atomic mass is 16.4. The normalized spacial score (nSPS) is 19.4. The number of aliphatic carboxylic acids is 1. The molecule has 0 saturated carbocycles. The molecular weight excluding hydrogens is 374 g/mol. The van der Waals surface area contributed by atoms with Crippen LogP contribution in [0.25, 0.3) is 11.2 Å². The van der Waals surface area contributed by atoms with Gasteiger partial charge in [0.2, 0.25) is 11.9 Å². The van der Waals surface area contributed by atoms with Crippen molar-refractivity contribution in [1.82, 2.24) is 24.4 Å². The Morgan fingerprint density at radius 2 is 1.97 bits per heavy atom. The quantitative estimate of drug-likeness (QED) is 0.670. The second-order valence-electron chi connectivity index (χ2n) is 7.30. The third kappa shape index (κ3) is 3.31. The topological polar surface area (TPSA) is 109 Å². The van der Waals surface area contributed by atoms with Crippen molar-refractivity contribution in [3.8, 4) is 11.8 Å². The fourth-order valence-electron chi connectivity index (χ4n) is 4.07. The molecule has 0 aliphatic carbocycles. The summed E-state index contributed by atoms with van der Waals surface area (Å²) in [6.45, 7) is 5.91. The highest BCUT2D eigenvalue weighted by Crippen LogP contribution is 2.26. The number of hydrogen-bond donors (Lipinski definition) is 2. The molecule has 0 radical (unpaired) electrons. The molecule has 0 bridgehead atoms. The molecule has 2 saturated heterocycles. The third-order valence-electron chi connectivity index (χ3n) is 5.55. The lowest BCUT2D eigenvalue weighted by molar-refractivity contribution is -0.138. The number of nitrogens with one attached hydrogen (secondary N) is 1. The first-order valence-corrected chi connectivity index (χ1v) is 9.85. The lowest BCUT2D eigenvalue weighted by Gasteiger charge is -2.28. The van der Waals surface area contributed by atoms with Crippen LogP contribution in [0, 0.1) is 11.8 Å². The van der Waals surface area contributed by atoms with Crippen LogP contribution >= 0.6 is 0 Å². The van der Waals surface area contributed by atoms with E-state index in [9.17, 15) is 14.7 Å². The number of nitrogens with zero attached hydrogens (tertiary/aromatic N) is 6. The maximum absolute atomic E-state index is 13.3. The molecule has 2 N–H and O–H groups in total. The summed E-state index contributed by atoms with van der Waals surface area (Å²) >= 11 is 0. The number of rotatable bonds is 4. The second-order valence-corrected chi connectivity index (χ2v) is 7.30. The van der Waals surface area contributed by atoms with E-state index in [-0.39, 0.29) is 5.56 Å². The summed E-state index contributed by atoms with van der Waals surface area (Å²) in [5, 5.41) is 12.8. The molecule has 0 spiro atoms. The maximum atomic E-state index is 13.3. The minimum Gasteiger partial charge on any atom is -0.480 e. The van der Waals surface area contributed by atoms with Crippen LogP contribution in [0.3, 0.4) is 0 Å². The van der Waals surface area contributed by atoms with E-state index in [0.29, 0.717) is 42.6 Å². The van der Waals surface area contributed by atoms with Gasteiger partial charge in [0.1, 0.15) is 6.04 Å². The number of carboxylic acid groups (broad SMARTS) is 1. The van der Waals surface area contributed by atoms with Gasteiger partial charge in [-0.2, -0.15) is 9.97 Å². The molecule has 10 heteroatoms. The monoisotopic (exact) mass is 399 g/mol. The molecule has 2 aromatic heterocycles. The van der Waals surface area contributed by atoms with E-state index in [1.807, 2.05) is 4.57 Å². The number of carbonyl (C=O) groups is 1. The Morgan fingerprint density at radius 1 is 1.24 bits per heavy atom. The average molecular weight is 399 g/mol. The summed E-state index contributed by atoms with van der Waals surface area (Å²) in [7, 11) is 1.63. The summed E-state index contributed by atoms with van der Waals surface area (Å²) in [5.41, 5.74) is 0.497. The van der Waals surface area contributed by atoms with Gasteiger partial charge in [-0.3, -0.25) is 13.9 Å². The van der Waals surface area contributed by atoms with Gasteiger partial charge in [-0.1, -0.05) is 5.92 Å². The summed E-state index contributed by atoms with van der Waals surface area (Å²) in [6, 6.07) is -0.675. The maximum Gasteiger partial charge on any atom is 0.326 e. The summed E-state index contributed by atoms with van der Waals surface area (Å²) in [5.74, 6) is 6.04. The van der Waals surface area contributed by atoms with Crippen LogP contribution in [0.2, 0.25) is 0 Å². The third-order valence-corrected chi connectivity index (χ3v) is 5.55. The van der Waals surface area contributed by atoms with Crippen LogP contribution in [0.5, 0.6) is 0 Å². The number of hydrogen-bond acceptors (Lipinski definition) is 7. The smallest absolute Gasteiger partial charge is 0.326 e. The van der Waals surface area contributed by atoms with Gasteiger partial charge in [0.05, 0.1) is 6.54 Å². The molecule has 0 aromatic carbocycles. The zero-order valence-corrected chi connectivity index (χ0v) is 16.7. The molecule has 2 fully saturated rings. The first kappa shape index (κ1) is 19.3. The fourth-order valence-corrected chi connectivity index (χ4v) is 4.07. The van der Waals surface area contributed by atoms with Gasteiger partial charge in [0.15, 0.2) is 11.2 Å². The highest BCUT2D eigenvalue weighted by Gasteiger charge is 2.34. The molecule has 154 valence electrons. The minimum absolute atomic E-state index is 0.243. The fraction of sp³-hybridized carbons (Fsp3) is 0.579. The van der Waals surface area contributed by atoms with Crippen molar-refractivity contribution in [1.29, 1.82) is 0 Å². The number of anilines is 2. The Balaban J connectivity index is 1.88. The Morgan fingerprint density at radius 3 is 2.66 bits per heavy atom. The Bertz CT molecular complexity index is 1060. The summed E-state index contributed by atoms with van der Waals surface area (Å²) < 4.78 is 3.26. The van der Waals surface area contributed by atoms with Crippen LogP contribution in [-0.4, -0.2) is 68.9 Å². The summed E-state index contributed by atoms with van der Waals surface area (Å²) in [4.78, 5) is 38.0. The van der Waals surface area contributed by atoms with Crippen LogP contribution in [-0.2, 0) is 18.4 Å². The first-order chi connectivity index (χ1) is 14.0. The van der Waals surface area contributed by atoms with Crippen molar-refractivity contribution in [2.45, 2.75) is 32.4 Å². The minimum atomic E-state index is -0.901. The largest absolute Gasteiger partial charge is 0.480 e. The molecule has 2 aliphatic rings. The van der Waals surface area contributed by atoms with E-state index >= 15 is 0 Å². The van der Waals surface area contributed by atoms with Crippen LogP contribution < -0.4 is 20.7 Å². The van der Waals surface area contributed by atoms with Crippen LogP contribution in [0.1, 0.15) is 19.8 Å². The van der Waals surface area contributed by atoms with E-state index in [1.54, 1.807) is 18.9 Å². The average Bonchev–Trinajstić information content (AvgIpc) is 3.34. The lowest BCUT2D eigenvalue weighted by atomic mass is 10.2. The van der Waals surface area contributed by atoms with Gasteiger partial charge < -0.3 is 20.2 Å². The van der Waals surface area contributed by atoms with Crippen molar-refractivity contribution < 1.29 is 9.90 Å². The highest BCUT2D eigenvalue weighted by molar-refractivity contribution is 5.80. The SMILES string of the molecule is CC#CCn1c(N2CCNCC2)nc2nc(N3CCC[C@@H]3C(=O)O)n(C)c(=O)c21. The van der Waals surface area contributed by atoms with E-state index in [4.69, 9.17) is 0 Å². The van der Waals surface area contributed by atoms with Crippen molar-refractivity contribution >= 4 is 29.0 Å². The Kier molecular flexibility index (Phi) is 5.15. The number of aromatic nitrogens is 4. The molecule has 29 heavy (non-hydrogen) atoms. The Hall–Kier alpha value is -3.06. The molecule has 0 amide bonds. The molecule has 2 aromatic rings. The Labute approximate surface area is 168 Å². The molecule has 2 aliphatic heterocycles. The van der Waals surface area contributed by atoms with Crippen molar-refractivity contribution in [3.63, 3.8) is 0 Å². The zero-order chi connectivity index (χ0) is 20.5. The molecule has 10 nitrogen and oxygen atoms in total. The molecule has 4 rings (SSSR count).